The van der Waals surface area contributed by atoms with Gasteiger partial charge in [0.15, 0.2) is 0 Å². The van der Waals surface area contributed by atoms with Crippen LogP contribution in [0.25, 0.3) is 22.0 Å². The van der Waals surface area contributed by atoms with Crippen molar-refractivity contribution in [3.63, 3.8) is 0 Å². The number of para-hydroxylation sites is 1. The van der Waals surface area contributed by atoms with Crippen LogP contribution in [0.2, 0.25) is 0 Å². The van der Waals surface area contributed by atoms with Gasteiger partial charge < -0.3 is 5.32 Å². The quantitative estimate of drug-likeness (QED) is 0.602. The summed E-state index contributed by atoms with van der Waals surface area (Å²) in [5, 5.41) is 3.48. The number of nitrogens with one attached hydrogen (secondary N) is 1. The lowest BCUT2D eigenvalue weighted by Gasteiger charge is -2.09. The summed E-state index contributed by atoms with van der Waals surface area (Å²) in [6.07, 6.45) is 2.02. The first-order valence-electron chi connectivity index (χ1n) is 9.14. The SMILES string of the molecule is O=C1Cc2cc(-c3cccc(Cn4cnc5ccccc5c4=O)c3)ccc2N1. The Morgan fingerprint density at radius 2 is 1.79 bits per heavy atom. The Balaban J connectivity index is 1.49. The van der Waals surface area contributed by atoms with Crippen LogP contribution in [-0.2, 0) is 17.8 Å². The third-order valence-corrected chi connectivity index (χ3v) is 5.08. The molecule has 5 heteroatoms. The van der Waals surface area contributed by atoms with Gasteiger partial charge >= 0.3 is 0 Å². The van der Waals surface area contributed by atoms with Gasteiger partial charge in [-0.1, -0.05) is 36.4 Å². The molecule has 0 spiro atoms. The van der Waals surface area contributed by atoms with E-state index in [2.05, 4.69) is 22.4 Å². The zero-order chi connectivity index (χ0) is 19.1. The summed E-state index contributed by atoms with van der Waals surface area (Å²) in [6, 6.07) is 21.5. The van der Waals surface area contributed by atoms with Crippen LogP contribution in [-0.4, -0.2) is 15.5 Å². The molecule has 0 unspecified atom stereocenters. The van der Waals surface area contributed by atoms with Gasteiger partial charge in [0.25, 0.3) is 5.56 Å². The molecule has 5 nitrogen and oxygen atoms in total. The van der Waals surface area contributed by atoms with E-state index < -0.39 is 0 Å². The Labute approximate surface area is 161 Å². The smallest absolute Gasteiger partial charge is 0.261 e. The normalized spacial score (nSPS) is 12.8. The molecule has 0 bridgehead atoms. The molecule has 0 saturated heterocycles. The molecule has 2 heterocycles. The molecular formula is C23H17N3O2. The Morgan fingerprint density at radius 3 is 2.71 bits per heavy atom. The first-order chi connectivity index (χ1) is 13.7. The van der Waals surface area contributed by atoms with E-state index >= 15 is 0 Å². The molecule has 4 aromatic rings. The van der Waals surface area contributed by atoms with Gasteiger partial charge in [0.2, 0.25) is 5.91 Å². The van der Waals surface area contributed by atoms with E-state index in [-0.39, 0.29) is 11.5 Å². The van der Waals surface area contributed by atoms with Crippen molar-refractivity contribution in [1.82, 2.24) is 9.55 Å². The molecule has 1 aliphatic heterocycles. The number of carbonyl (C=O) groups is 1. The summed E-state index contributed by atoms with van der Waals surface area (Å²) in [4.78, 5) is 28.7. The average molecular weight is 367 g/mol. The summed E-state index contributed by atoms with van der Waals surface area (Å²) in [6.45, 7) is 0.454. The van der Waals surface area contributed by atoms with Crippen molar-refractivity contribution < 1.29 is 4.79 Å². The Kier molecular flexibility index (Phi) is 3.79. The summed E-state index contributed by atoms with van der Waals surface area (Å²) in [7, 11) is 0. The van der Waals surface area contributed by atoms with Crippen molar-refractivity contribution in [1.29, 1.82) is 0 Å². The number of hydrogen-bond acceptors (Lipinski definition) is 3. The van der Waals surface area contributed by atoms with Crippen molar-refractivity contribution in [2.24, 2.45) is 0 Å². The van der Waals surface area contributed by atoms with Crippen LogP contribution in [0, 0.1) is 0 Å². The van der Waals surface area contributed by atoms with Gasteiger partial charge in [0.05, 0.1) is 30.2 Å². The first-order valence-corrected chi connectivity index (χ1v) is 9.14. The van der Waals surface area contributed by atoms with Crippen LogP contribution in [0.5, 0.6) is 0 Å². The summed E-state index contributed by atoms with van der Waals surface area (Å²) in [5.74, 6) is 0.0316. The van der Waals surface area contributed by atoms with Crippen molar-refractivity contribution in [3.8, 4) is 11.1 Å². The van der Waals surface area contributed by atoms with Gasteiger partial charge in [-0.2, -0.15) is 0 Å². The van der Waals surface area contributed by atoms with Crippen LogP contribution >= 0.6 is 0 Å². The van der Waals surface area contributed by atoms with Gasteiger partial charge in [-0.25, -0.2) is 4.98 Å². The third-order valence-electron chi connectivity index (χ3n) is 5.08. The lowest BCUT2D eigenvalue weighted by molar-refractivity contribution is -0.115. The molecule has 0 atom stereocenters. The molecule has 1 aromatic heterocycles. The van der Waals surface area contributed by atoms with Crippen molar-refractivity contribution in [3.05, 3.63) is 94.5 Å². The van der Waals surface area contributed by atoms with E-state index in [1.807, 2.05) is 48.5 Å². The highest BCUT2D eigenvalue weighted by atomic mass is 16.1. The lowest BCUT2D eigenvalue weighted by Crippen LogP contribution is -2.21. The lowest BCUT2D eigenvalue weighted by atomic mass is 10.00. The predicted molar refractivity (Wildman–Crippen MR) is 109 cm³/mol. The number of aromatic nitrogens is 2. The number of amides is 1. The molecule has 3 aromatic carbocycles. The Bertz CT molecular complexity index is 1290. The number of fused-ring (bicyclic) bond motifs is 2. The van der Waals surface area contributed by atoms with Crippen LogP contribution in [0.1, 0.15) is 11.1 Å². The van der Waals surface area contributed by atoms with Crippen LogP contribution in [0.15, 0.2) is 77.9 Å². The van der Waals surface area contributed by atoms with E-state index in [0.717, 1.165) is 27.9 Å². The molecule has 0 saturated carbocycles. The highest BCUT2D eigenvalue weighted by Crippen LogP contribution is 2.29. The highest BCUT2D eigenvalue weighted by Gasteiger charge is 2.17. The molecule has 0 radical (unpaired) electrons. The third kappa shape index (κ3) is 2.87. The van der Waals surface area contributed by atoms with Crippen molar-refractivity contribution >= 4 is 22.5 Å². The standard InChI is InChI=1S/C23H17N3O2/c27-22-12-18-11-17(8-9-20(18)25-22)16-5-3-4-15(10-16)13-26-14-24-21-7-2-1-6-19(21)23(26)28/h1-11,14H,12-13H2,(H,25,27). The predicted octanol–water partition coefficient (Wildman–Crippen LogP) is 3.61. The summed E-state index contributed by atoms with van der Waals surface area (Å²) >= 11 is 0. The molecule has 1 aliphatic rings. The monoisotopic (exact) mass is 367 g/mol. The topological polar surface area (TPSA) is 64.0 Å². The fourth-order valence-corrected chi connectivity index (χ4v) is 3.67. The fraction of sp³-hybridized carbons (Fsp3) is 0.0870. The molecule has 1 amide bonds. The zero-order valence-electron chi connectivity index (χ0n) is 15.1. The average Bonchev–Trinajstić information content (AvgIpc) is 3.10. The maximum absolute atomic E-state index is 12.7. The number of nitrogens with zero attached hydrogens (tertiary/aromatic N) is 2. The summed E-state index contributed by atoms with van der Waals surface area (Å²) < 4.78 is 1.63. The van der Waals surface area contributed by atoms with E-state index in [0.29, 0.717) is 23.9 Å². The molecule has 0 aliphatic carbocycles. The second kappa shape index (κ2) is 6.46. The minimum Gasteiger partial charge on any atom is -0.326 e. The van der Waals surface area contributed by atoms with E-state index in [1.54, 1.807) is 17.0 Å². The minimum atomic E-state index is -0.0434. The van der Waals surface area contributed by atoms with Gasteiger partial charge in [-0.05, 0) is 52.6 Å². The number of rotatable bonds is 3. The van der Waals surface area contributed by atoms with Crippen LogP contribution in [0.3, 0.4) is 0 Å². The fourth-order valence-electron chi connectivity index (χ4n) is 3.67. The molecular weight excluding hydrogens is 350 g/mol. The molecule has 0 fully saturated rings. The van der Waals surface area contributed by atoms with Gasteiger partial charge in [0, 0.05) is 5.69 Å². The number of hydrogen-bond donors (Lipinski definition) is 1. The van der Waals surface area contributed by atoms with E-state index in [9.17, 15) is 9.59 Å². The minimum absolute atomic E-state index is 0.0316. The maximum Gasteiger partial charge on any atom is 0.261 e. The maximum atomic E-state index is 12.7. The van der Waals surface area contributed by atoms with Crippen molar-refractivity contribution in [2.75, 3.05) is 5.32 Å². The van der Waals surface area contributed by atoms with E-state index in [4.69, 9.17) is 0 Å². The van der Waals surface area contributed by atoms with Gasteiger partial charge in [-0.15, -0.1) is 0 Å². The second-order valence-electron chi connectivity index (χ2n) is 6.99. The highest BCUT2D eigenvalue weighted by molar-refractivity contribution is 5.99. The molecule has 28 heavy (non-hydrogen) atoms. The largest absolute Gasteiger partial charge is 0.326 e. The van der Waals surface area contributed by atoms with Gasteiger partial charge in [0.1, 0.15) is 0 Å². The zero-order valence-corrected chi connectivity index (χ0v) is 15.1. The van der Waals surface area contributed by atoms with Crippen LogP contribution in [0.4, 0.5) is 5.69 Å². The number of carbonyl (C=O) groups excluding carboxylic acids is 1. The van der Waals surface area contributed by atoms with Crippen LogP contribution < -0.4 is 10.9 Å². The first kappa shape index (κ1) is 16.4. The van der Waals surface area contributed by atoms with E-state index in [1.165, 1.54) is 0 Å². The van der Waals surface area contributed by atoms with Crippen molar-refractivity contribution in [2.45, 2.75) is 13.0 Å². The molecule has 1 N–H and O–H groups in total. The molecule has 136 valence electrons. The second-order valence-corrected chi connectivity index (χ2v) is 6.99. The van der Waals surface area contributed by atoms with Gasteiger partial charge in [-0.3, -0.25) is 14.2 Å². The molecule has 5 rings (SSSR count). The summed E-state index contributed by atoms with van der Waals surface area (Å²) in [5.41, 5.74) is 5.70. The number of anilines is 1. The Hall–Kier alpha value is -3.73. The Morgan fingerprint density at radius 1 is 0.929 bits per heavy atom. The number of benzene rings is 3.